The summed E-state index contributed by atoms with van der Waals surface area (Å²) in [6, 6.07) is 8.68. The Hall–Kier alpha value is -2.56. The van der Waals surface area contributed by atoms with Crippen LogP contribution in [0.15, 0.2) is 41.5 Å². The SMILES string of the molecule is CCCC(COc1cc(-c2ccccc2O)nnc1N)=C(C)C. The van der Waals surface area contributed by atoms with Gasteiger partial charge in [0.25, 0.3) is 0 Å². The third-order valence-corrected chi connectivity index (χ3v) is 3.63. The maximum absolute atomic E-state index is 9.94. The normalized spacial score (nSPS) is 10.4. The summed E-state index contributed by atoms with van der Waals surface area (Å²) in [6.45, 7) is 6.78. The van der Waals surface area contributed by atoms with E-state index in [1.807, 2.05) is 6.07 Å². The van der Waals surface area contributed by atoms with Crippen LogP contribution in [0.25, 0.3) is 11.3 Å². The fourth-order valence-electron chi connectivity index (χ4n) is 2.25. The highest BCUT2D eigenvalue weighted by molar-refractivity contribution is 5.68. The smallest absolute Gasteiger partial charge is 0.188 e. The molecule has 2 aromatic rings. The summed E-state index contributed by atoms with van der Waals surface area (Å²) in [7, 11) is 0. The molecule has 0 atom stereocenters. The summed E-state index contributed by atoms with van der Waals surface area (Å²) >= 11 is 0. The van der Waals surface area contributed by atoms with Crippen molar-refractivity contribution in [3.8, 4) is 22.8 Å². The lowest BCUT2D eigenvalue weighted by Gasteiger charge is -2.13. The minimum Gasteiger partial charge on any atom is -0.507 e. The molecule has 1 heterocycles. The van der Waals surface area contributed by atoms with E-state index in [9.17, 15) is 5.11 Å². The summed E-state index contributed by atoms with van der Waals surface area (Å²) in [4.78, 5) is 0. The van der Waals surface area contributed by atoms with E-state index >= 15 is 0 Å². The molecule has 0 aliphatic rings. The lowest BCUT2D eigenvalue weighted by molar-refractivity contribution is 0.345. The van der Waals surface area contributed by atoms with Crippen molar-refractivity contribution in [1.82, 2.24) is 10.2 Å². The number of nitrogens with zero attached hydrogens (tertiary/aromatic N) is 2. The van der Waals surface area contributed by atoms with Crippen LogP contribution in [0, 0.1) is 0 Å². The second-order valence-electron chi connectivity index (χ2n) is 5.64. The molecule has 122 valence electrons. The van der Waals surface area contributed by atoms with Crippen molar-refractivity contribution in [2.75, 3.05) is 12.3 Å². The first-order chi connectivity index (χ1) is 11.0. The first-order valence-electron chi connectivity index (χ1n) is 7.72. The Morgan fingerprint density at radius 2 is 1.96 bits per heavy atom. The number of phenols is 1. The first kappa shape index (κ1) is 16.8. The molecule has 0 aliphatic carbocycles. The number of nitrogens with two attached hydrogens (primary N) is 1. The molecule has 5 nitrogen and oxygen atoms in total. The van der Waals surface area contributed by atoms with Gasteiger partial charge in [0.2, 0.25) is 0 Å². The van der Waals surface area contributed by atoms with Crippen molar-refractivity contribution in [2.24, 2.45) is 0 Å². The number of hydrogen-bond donors (Lipinski definition) is 2. The number of rotatable bonds is 6. The highest BCUT2D eigenvalue weighted by Gasteiger charge is 2.11. The Labute approximate surface area is 136 Å². The molecule has 0 aliphatic heterocycles. The zero-order valence-electron chi connectivity index (χ0n) is 13.8. The molecule has 1 aromatic heterocycles. The Balaban J connectivity index is 2.25. The predicted octanol–water partition coefficient (Wildman–Crippen LogP) is 3.95. The van der Waals surface area contributed by atoms with Crippen LogP contribution in [0.1, 0.15) is 33.6 Å². The predicted molar refractivity (Wildman–Crippen MR) is 92.3 cm³/mol. The van der Waals surface area contributed by atoms with Gasteiger partial charge in [-0.15, -0.1) is 10.2 Å². The highest BCUT2D eigenvalue weighted by Crippen LogP contribution is 2.30. The van der Waals surface area contributed by atoms with Gasteiger partial charge in [-0.05, 0) is 38.0 Å². The fourth-order valence-corrected chi connectivity index (χ4v) is 2.25. The van der Waals surface area contributed by atoms with Crippen LogP contribution in [0.3, 0.4) is 0 Å². The number of anilines is 1. The molecule has 23 heavy (non-hydrogen) atoms. The van der Waals surface area contributed by atoms with Crippen molar-refractivity contribution in [3.05, 3.63) is 41.5 Å². The Morgan fingerprint density at radius 3 is 2.61 bits per heavy atom. The van der Waals surface area contributed by atoms with Crippen LogP contribution in [0.4, 0.5) is 5.82 Å². The fraction of sp³-hybridized carbons (Fsp3) is 0.333. The number of phenolic OH excluding ortho intramolecular Hbond substituents is 1. The van der Waals surface area contributed by atoms with Gasteiger partial charge in [-0.1, -0.05) is 31.1 Å². The van der Waals surface area contributed by atoms with E-state index in [0.29, 0.717) is 23.6 Å². The third-order valence-electron chi connectivity index (χ3n) is 3.63. The van der Waals surface area contributed by atoms with Gasteiger partial charge in [0.15, 0.2) is 11.6 Å². The average Bonchev–Trinajstić information content (AvgIpc) is 2.53. The zero-order valence-corrected chi connectivity index (χ0v) is 13.8. The molecule has 5 heteroatoms. The van der Waals surface area contributed by atoms with E-state index in [1.165, 1.54) is 11.1 Å². The molecule has 0 amide bonds. The van der Waals surface area contributed by atoms with Crippen LogP contribution in [-0.4, -0.2) is 21.9 Å². The minimum atomic E-state index is 0.147. The number of aromatic nitrogens is 2. The standard InChI is InChI=1S/C18H23N3O2/c1-4-7-13(12(2)3)11-23-17-10-15(20-21-18(17)19)14-8-5-6-9-16(14)22/h5-6,8-10,22H,4,7,11H2,1-3H3,(H2,19,21). The molecular formula is C18H23N3O2. The van der Waals surface area contributed by atoms with Crippen molar-refractivity contribution < 1.29 is 9.84 Å². The Kier molecular flexibility index (Phi) is 5.57. The Bertz CT molecular complexity index is 707. The van der Waals surface area contributed by atoms with Crippen LogP contribution >= 0.6 is 0 Å². The van der Waals surface area contributed by atoms with Crippen molar-refractivity contribution in [3.63, 3.8) is 0 Å². The van der Waals surface area contributed by atoms with Crippen molar-refractivity contribution in [2.45, 2.75) is 33.6 Å². The molecule has 0 saturated heterocycles. The van der Waals surface area contributed by atoms with Crippen LogP contribution in [-0.2, 0) is 0 Å². The monoisotopic (exact) mass is 313 g/mol. The topological polar surface area (TPSA) is 81.3 Å². The zero-order chi connectivity index (χ0) is 16.8. The van der Waals surface area contributed by atoms with E-state index in [1.54, 1.807) is 24.3 Å². The number of aromatic hydroxyl groups is 1. The van der Waals surface area contributed by atoms with E-state index in [-0.39, 0.29) is 11.6 Å². The van der Waals surface area contributed by atoms with Gasteiger partial charge < -0.3 is 15.6 Å². The summed E-state index contributed by atoms with van der Waals surface area (Å²) in [5.41, 5.74) is 9.51. The van der Waals surface area contributed by atoms with Gasteiger partial charge in [-0.3, -0.25) is 0 Å². The summed E-state index contributed by atoms with van der Waals surface area (Å²) in [5, 5.41) is 17.9. The maximum atomic E-state index is 9.94. The highest BCUT2D eigenvalue weighted by atomic mass is 16.5. The molecule has 0 radical (unpaired) electrons. The maximum Gasteiger partial charge on any atom is 0.188 e. The molecule has 0 spiro atoms. The molecule has 0 unspecified atom stereocenters. The van der Waals surface area contributed by atoms with Gasteiger partial charge in [0.1, 0.15) is 18.1 Å². The largest absolute Gasteiger partial charge is 0.507 e. The number of hydrogen-bond acceptors (Lipinski definition) is 5. The van der Waals surface area contributed by atoms with E-state index in [2.05, 4.69) is 31.0 Å². The quantitative estimate of drug-likeness (QED) is 0.789. The third kappa shape index (κ3) is 4.22. The van der Waals surface area contributed by atoms with Crippen molar-refractivity contribution in [1.29, 1.82) is 0 Å². The molecule has 0 bridgehead atoms. The number of ether oxygens (including phenoxy) is 1. The molecule has 0 fully saturated rings. The minimum absolute atomic E-state index is 0.147. The van der Waals surface area contributed by atoms with Gasteiger partial charge in [-0.2, -0.15) is 0 Å². The average molecular weight is 313 g/mol. The first-order valence-corrected chi connectivity index (χ1v) is 7.72. The van der Waals surface area contributed by atoms with Crippen LogP contribution < -0.4 is 10.5 Å². The summed E-state index contributed by atoms with van der Waals surface area (Å²) < 4.78 is 5.85. The number of benzene rings is 1. The van der Waals surface area contributed by atoms with Gasteiger partial charge in [0.05, 0.1) is 0 Å². The number of allylic oxidation sites excluding steroid dienone is 1. The second-order valence-corrected chi connectivity index (χ2v) is 5.64. The molecule has 3 N–H and O–H groups in total. The molecule has 1 aromatic carbocycles. The van der Waals surface area contributed by atoms with Crippen molar-refractivity contribution >= 4 is 5.82 Å². The summed E-state index contributed by atoms with van der Waals surface area (Å²) in [6.07, 6.45) is 2.06. The molecule has 2 rings (SSSR count). The number of para-hydroxylation sites is 1. The van der Waals surface area contributed by atoms with Crippen LogP contribution in [0.2, 0.25) is 0 Å². The van der Waals surface area contributed by atoms with Gasteiger partial charge in [-0.25, -0.2) is 0 Å². The lowest BCUT2D eigenvalue weighted by atomic mass is 10.1. The van der Waals surface area contributed by atoms with Gasteiger partial charge in [0, 0.05) is 11.6 Å². The molecule has 0 saturated carbocycles. The summed E-state index contributed by atoms with van der Waals surface area (Å²) in [5.74, 6) is 0.871. The lowest BCUT2D eigenvalue weighted by Crippen LogP contribution is -2.07. The van der Waals surface area contributed by atoms with E-state index in [4.69, 9.17) is 10.5 Å². The van der Waals surface area contributed by atoms with E-state index < -0.39 is 0 Å². The Morgan fingerprint density at radius 1 is 1.22 bits per heavy atom. The number of nitrogen functional groups attached to an aromatic ring is 1. The second kappa shape index (κ2) is 7.63. The van der Waals surface area contributed by atoms with E-state index in [0.717, 1.165) is 12.8 Å². The van der Waals surface area contributed by atoms with Crippen LogP contribution in [0.5, 0.6) is 11.5 Å². The van der Waals surface area contributed by atoms with Gasteiger partial charge >= 0.3 is 0 Å². The molecular weight excluding hydrogens is 290 g/mol.